The third-order valence-corrected chi connectivity index (χ3v) is 3.75. The second kappa shape index (κ2) is 6.60. The molecule has 3 heterocycles. The molecule has 0 fully saturated rings. The average molecular weight is 344 g/mol. The van der Waals surface area contributed by atoms with Gasteiger partial charge in [-0.25, -0.2) is 9.78 Å². The Balaban J connectivity index is 1.60. The fourth-order valence-corrected chi connectivity index (χ4v) is 2.47. The Bertz CT molecular complexity index is 1140. The first-order valence-corrected chi connectivity index (χ1v) is 7.82. The number of rotatable bonds is 3. The van der Waals surface area contributed by atoms with Crippen LogP contribution in [-0.2, 0) is 0 Å². The lowest BCUT2D eigenvalue weighted by Gasteiger charge is -2.05. The van der Waals surface area contributed by atoms with Gasteiger partial charge in [-0.2, -0.15) is 0 Å². The van der Waals surface area contributed by atoms with Crippen molar-refractivity contribution < 1.29 is 13.9 Å². The van der Waals surface area contributed by atoms with Crippen molar-refractivity contribution in [3.8, 4) is 17.2 Å². The number of para-hydroxylation sites is 1. The second-order valence-corrected chi connectivity index (χ2v) is 5.49. The Morgan fingerprint density at radius 1 is 1.00 bits per heavy atom. The highest BCUT2D eigenvalue weighted by Gasteiger charge is 2.11. The summed E-state index contributed by atoms with van der Waals surface area (Å²) in [6.07, 6.45) is 4.47. The molecule has 0 bridgehead atoms. The van der Waals surface area contributed by atoms with Gasteiger partial charge in [-0.1, -0.05) is 12.1 Å². The number of nitrogens with zero attached hydrogens (tertiary/aromatic N) is 2. The lowest BCUT2D eigenvalue weighted by Crippen LogP contribution is -2.09. The van der Waals surface area contributed by atoms with E-state index in [9.17, 15) is 9.59 Å². The molecule has 6 nitrogen and oxygen atoms in total. The molecular weight excluding hydrogens is 332 g/mol. The first-order chi connectivity index (χ1) is 12.7. The molecule has 0 aliphatic rings. The zero-order valence-electron chi connectivity index (χ0n) is 13.5. The van der Waals surface area contributed by atoms with Crippen LogP contribution in [0.3, 0.4) is 0 Å². The van der Waals surface area contributed by atoms with Gasteiger partial charge in [0.1, 0.15) is 11.3 Å². The lowest BCUT2D eigenvalue weighted by atomic mass is 10.1. The topological polar surface area (TPSA) is 82.3 Å². The molecule has 0 saturated heterocycles. The monoisotopic (exact) mass is 344 g/mol. The Labute approximate surface area is 147 Å². The molecule has 4 rings (SSSR count). The molecule has 0 radical (unpaired) electrons. The van der Waals surface area contributed by atoms with E-state index < -0.39 is 5.97 Å². The molecule has 126 valence electrons. The highest BCUT2D eigenvalue weighted by molar-refractivity contribution is 5.90. The smallest absolute Gasteiger partial charge is 0.346 e. The molecule has 3 aromatic heterocycles. The fraction of sp³-hybridized carbons (Fsp3) is 0. The Morgan fingerprint density at radius 2 is 1.88 bits per heavy atom. The van der Waals surface area contributed by atoms with Crippen molar-refractivity contribution >= 4 is 16.9 Å². The Kier molecular flexibility index (Phi) is 3.99. The average Bonchev–Trinajstić information content (AvgIpc) is 2.69. The molecule has 0 N–H and O–H groups in total. The fourth-order valence-electron chi connectivity index (χ4n) is 2.47. The van der Waals surface area contributed by atoms with Gasteiger partial charge in [0.25, 0.3) is 0 Å². The summed E-state index contributed by atoms with van der Waals surface area (Å²) in [4.78, 5) is 32.2. The summed E-state index contributed by atoms with van der Waals surface area (Å²) in [6, 6.07) is 14.9. The summed E-state index contributed by atoms with van der Waals surface area (Å²) in [7, 11) is 0. The number of aromatic nitrogens is 2. The predicted molar refractivity (Wildman–Crippen MR) is 94.9 cm³/mol. The molecule has 0 atom stereocenters. The van der Waals surface area contributed by atoms with E-state index in [1.54, 1.807) is 54.7 Å². The van der Waals surface area contributed by atoms with Crippen molar-refractivity contribution in [3.63, 3.8) is 0 Å². The van der Waals surface area contributed by atoms with E-state index in [0.29, 0.717) is 27.9 Å². The van der Waals surface area contributed by atoms with Crippen LogP contribution >= 0.6 is 0 Å². The van der Waals surface area contributed by atoms with Crippen LogP contribution < -0.4 is 10.2 Å². The molecule has 0 unspecified atom stereocenters. The van der Waals surface area contributed by atoms with Crippen LogP contribution in [0.5, 0.6) is 5.88 Å². The minimum Gasteiger partial charge on any atom is -0.456 e. The third-order valence-electron chi connectivity index (χ3n) is 3.75. The van der Waals surface area contributed by atoms with Crippen LogP contribution in [-0.4, -0.2) is 15.9 Å². The van der Waals surface area contributed by atoms with Crippen LogP contribution in [0.25, 0.3) is 22.3 Å². The molecule has 0 saturated carbocycles. The summed E-state index contributed by atoms with van der Waals surface area (Å²) in [5.74, 6) is -0.00679. The van der Waals surface area contributed by atoms with Crippen molar-refractivity contribution in [1.82, 2.24) is 9.97 Å². The number of ether oxygens (including phenoxy) is 1. The van der Waals surface area contributed by atoms with Crippen LogP contribution in [0, 0.1) is 0 Å². The number of fused-ring (bicyclic) bond motifs is 1. The summed E-state index contributed by atoms with van der Waals surface area (Å²) < 4.78 is 11.0. The second-order valence-electron chi connectivity index (χ2n) is 5.49. The van der Waals surface area contributed by atoms with Gasteiger partial charge in [0.05, 0.1) is 10.9 Å². The number of esters is 1. The highest BCUT2D eigenvalue weighted by atomic mass is 16.5. The first kappa shape index (κ1) is 15.7. The van der Waals surface area contributed by atoms with Gasteiger partial charge < -0.3 is 9.15 Å². The van der Waals surface area contributed by atoms with Gasteiger partial charge in [0, 0.05) is 36.3 Å². The molecule has 4 aromatic rings. The normalized spacial score (nSPS) is 10.6. The van der Waals surface area contributed by atoms with Crippen molar-refractivity contribution in [1.29, 1.82) is 0 Å². The predicted octanol–water partition coefficient (Wildman–Crippen LogP) is 3.47. The number of carbonyl (C=O) groups is 1. The van der Waals surface area contributed by atoms with E-state index >= 15 is 0 Å². The summed E-state index contributed by atoms with van der Waals surface area (Å²) >= 11 is 0. The number of carbonyl (C=O) groups excluding carboxylic acids is 1. The molecule has 0 amide bonds. The summed E-state index contributed by atoms with van der Waals surface area (Å²) in [5, 5.41) is 0.520. The molecule has 0 aliphatic heterocycles. The van der Waals surface area contributed by atoms with Crippen molar-refractivity contribution in [3.05, 3.63) is 89.0 Å². The Morgan fingerprint density at radius 3 is 2.65 bits per heavy atom. The van der Waals surface area contributed by atoms with Crippen molar-refractivity contribution in [2.45, 2.75) is 0 Å². The van der Waals surface area contributed by atoms with E-state index in [0.717, 1.165) is 0 Å². The van der Waals surface area contributed by atoms with Gasteiger partial charge in [-0.05, 0) is 30.3 Å². The summed E-state index contributed by atoms with van der Waals surface area (Å²) in [6.45, 7) is 0. The van der Waals surface area contributed by atoms with Gasteiger partial charge in [0.15, 0.2) is 5.43 Å². The summed E-state index contributed by atoms with van der Waals surface area (Å²) in [5.41, 5.74) is 1.31. The third kappa shape index (κ3) is 3.08. The quantitative estimate of drug-likeness (QED) is 0.529. The van der Waals surface area contributed by atoms with Gasteiger partial charge in [0.2, 0.25) is 5.88 Å². The lowest BCUT2D eigenvalue weighted by molar-refractivity contribution is 0.0727. The number of benzene rings is 1. The minimum atomic E-state index is -0.546. The molecule has 0 aliphatic carbocycles. The largest absolute Gasteiger partial charge is 0.456 e. The van der Waals surface area contributed by atoms with Gasteiger partial charge in [-0.3, -0.25) is 9.78 Å². The van der Waals surface area contributed by atoms with Crippen LogP contribution in [0.15, 0.2) is 82.4 Å². The molecule has 1 aromatic carbocycles. The zero-order valence-corrected chi connectivity index (χ0v) is 13.5. The maximum atomic E-state index is 12.2. The molecular formula is C20H12N2O4. The van der Waals surface area contributed by atoms with Gasteiger partial charge in [-0.15, -0.1) is 0 Å². The Hall–Kier alpha value is -3.80. The highest BCUT2D eigenvalue weighted by Crippen LogP contribution is 2.23. The van der Waals surface area contributed by atoms with Crippen LogP contribution in [0.2, 0.25) is 0 Å². The van der Waals surface area contributed by atoms with E-state index in [-0.39, 0.29) is 11.3 Å². The van der Waals surface area contributed by atoms with Crippen LogP contribution in [0.1, 0.15) is 10.4 Å². The number of pyridine rings is 2. The maximum absolute atomic E-state index is 12.2. The molecule has 26 heavy (non-hydrogen) atoms. The first-order valence-electron chi connectivity index (χ1n) is 7.82. The number of hydrogen-bond acceptors (Lipinski definition) is 6. The van der Waals surface area contributed by atoms with E-state index in [4.69, 9.17) is 9.15 Å². The molecule has 6 heteroatoms. The van der Waals surface area contributed by atoms with Crippen molar-refractivity contribution in [2.24, 2.45) is 0 Å². The van der Waals surface area contributed by atoms with Gasteiger partial charge >= 0.3 is 5.97 Å². The van der Waals surface area contributed by atoms with Crippen molar-refractivity contribution in [2.75, 3.05) is 0 Å². The van der Waals surface area contributed by atoms with E-state index in [1.807, 2.05) is 0 Å². The number of hydrogen-bond donors (Lipinski definition) is 0. The molecule has 0 spiro atoms. The standard InChI is InChI=1S/C20H12N2O4/c23-16-10-18(25-17-6-2-1-5-15(16)17)13-7-8-19(22-12-13)26-20(24)14-4-3-9-21-11-14/h1-12H. The minimum absolute atomic E-state index is 0.131. The maximum Gasteiger partial charge on any atom is 0.346 e. The zero-order chi connectivity index (χ0) is 17.9. The van der Waals surface area contributed by atoms with Crippen LogP contribution in [0.4, 0.5) is 0 Å². The van der Waals surface area contributed by atoms with E-state index in [1.165, 1.54) is 18.5 Å². The SMILES string of the molecule is O=C(Oc1ccc(-c2cc(=O)c3ccccc3o2)cn1)c1cccnc1. The van der Waals surface area contributed by atoms with E-state index in [2.05, 4.69) is 9.97 Å².